The molecule has 2 fully saturated rings. The number of likely N-dealkylation sites (N-methyl/N-ethyl adjacent to an activating group) is 1. The lowest BCUT2D eigenvalue weighted by Crippen LogP contribution is -2.42. The molecule has 2 N–H and O–H groups in total. The minimum Gasteiger partial charge on any atom is -0.484 e. The second-order valence-corrected chi connectivity index (χ2v) is 7.55. The first-order valence-corrected chi connectivity index (χ1v) is 9.48. The van der Waals surface area contributed by atoms with Crippen molar-refractivity contribution in [1.82, 2.24) is 15.5 Å². The average Bonchev–Trinajstić information content (AvgIpc) is 3.08. The second-order valence-electron chi connectivity index (χ2n) is 7.55. The van der Waals surface area contributed by atoms with E-state index in [0.717, 1.165) is 12.0 Å². The van der Waals surface area contributed by atoms with Gasteiger partial charge in [0.2, 0.25) is 5.91 Å². The molecule has 3 unspecified atom stereocenters. The highest BCUT2D eigenvalue weighted by Gasteiger charge is 2.37. The Bertz CT molecular complexity index is 639. The molecule has 150 valence electrons. The summed E-state index contributed by atoms with van der Waals surface area (Å²) in [7, 11) is 3.40. The number of hydrogen-bond donors (Lipinski definition) is 2. The molecule has 1 aliphatic heterocycles. The van der Waals surface area contributed by atoms with Gasteiger partial charge < -0.3 is 20.3 Å². The summed E-state index contributed by atoms with van der Waals surface area (Å²) in [5.41, 5.74) is 0.962. The van der Waals surface area contributed by atoms with Crippen LogP contribution in [-0.2, 0) is 16.1 Å². The molecule has 3 rings (SSSR count). The van der Waals surface area contributed by atoms with Crippen molar-refractivity contribution in [3.05, 3.63) is 29.8 Å². The zero-order chi connectivity index (χ0) is 18.5. The highest BCUT2D eigenvalue weighted by molar-refractivity contribution is 5.85. The van der Waals surface area contributed by atoms with Crippen LogP contribution in [0.25, 0.3) is 0 Å². The fourth-order valence-electron chi connectivity index (χ4n) is 3.85. The number of carbonyl (C=O) groups is 2. The molecular formula is C20H30ClN3O3. The highest BCUT2D eigenvalue weighted by Crippen LogP contribution is 2.33. The van der Waals surface area contributed by atoms with Crippen LogP contribution in [0, 0.1) is 5.92 Å². The first kappa shape index (κ1) is 21.5. The largest absolute Gasteiger partial charge is 0.484 e. The summed E-state index contributed by atoms with van der Waals surface area (Å²) in [6.45, 7) is 0.475. The summed E-state index contributed by atoms with van der Waals surface area (Å²) in [6.07, 6.45) is 5.95. The van der Waals surface area contributed by atoms with Crippen LogP contribution in [0.3, 0.4) is 0 Å². The van der Waals surface area contributed by atoms with E-state index in [0.29, 0.717) is 24.3 Å². The minimum atomic E-state index is -0.0857. The Morgan fingerprint density at radius 1 is 1.26 bits per heavy atom. The molecule has 27 heavy (non-hydrogen) atoms. The van der Waals surface area contributed by atoms with Gasteiger partial charge in [-0.1, -0.05) is 25.0 Å². The van der Waals surface area contributed by atoms with Crippen LogP contribution in [0.4, 0.5) is 0 Å². The monoisotopic (exact) mass is 395 g/mol. The Balaban J connectivity index is 0.00000261. The first-order valence-electron chi connectivity index (χ1n) is 9.48. The molecule has 3 atom stereocenters. The second kappa shape index (κ2) is 9.95. The lowest BCUT2D eigenvalue weighted by atomic mass is 9.85. The van der Waals surface area contributed by atoms with Crippen molar-refractivity contribution in [1.29, 1.82) is 0 Å². The van der Waals surface area contributed by atoms with Gasteiger partial charge in [0.15, 0.2) is 6.61 Å². The molecule has 7 heteroatoms. The molecule has 6 nitrogen and oxygen atoms in total. The maximum atomic E-state index is 12.5. The molecule has 0 radical (unpaired) electrons. The normalized spacial score (nSPS) is 23.7. The number of benzene rings is 1. The van der Waals surface area contributed by atoms with Crippen LogP contribution >= 0.6 is 12.4 Å². The summed E-state index contributed by atoms with van der Waals surface area (Å²) in [4.78, 5) is 25.6. The van der Waals surface area contributed by atoms with Crippen molar-refractivity contribution in [2.24, 2.45) is 5.92 Å². The van der Waals surface area contributed by atoms with Gasteiger partial charge in [0.05, 0.1) is 6.04 Å². The van der Waals surface area contributed by atoms with Crippen molar-refractivity contribution >= 4 is 24.2 Å². The molecule has 2 amide bonds. The zero-order valence-electron chi connectivity index (χ0n) is 16.1. The Morgan fingerprint density at radius 3 is 2.78 bits per heavy atom. The van der Waals surface area contributed by atoms with Crippen LogP contribution in [0.1, 0.15) is 37.7 Å². The van der Waals surface area contributed by atoms with Crippen LogP contribution in [0.5, 0.6) is 5.75 Å². The average molecular weight is 396 g/mol. The number of rotatable bonds is 6. The van der Waals surface area contributed by atoms with Crippen molar-refractivity contribution in [3.8, 4) is 5.75 Å². The van der Waals surface area contributed by atoms with Crippen molar-refractivity contribution in [2.75, 3.05) is 20.7 Å². The molecule has 1 aromatic carbocycles. The Hall–Kier alpha value is -1.79. The molecule has 1 saturated heterocycles. The molecule has 2 aliphatic rings. The smallest absolute Gasteiger partial charge is 0.259 e. The SMILES string of the molecule is CN(C)C(=O)COc1cccc(CNC(=O)C2CC3CCCCC3N2)c1.Cl. The zero-order valence-corrected chi connectivity index (χ0v) is 16.9. The van der Waals surface area contributed by atoms with E-state index in [-0.39, 0.29) is 36.9 Å². The molecule has 1 heterocycles. The molecule has 0 bridgehead atoms. The quantitative estimate of drug-likeness (QED) is 0.774. The van der Waals surface area contributed by atoms with Crippen molar-refractivity contribution in [3.63, 3.8) is 0 Å². The topological polar surface area (TPSA) is 70.7 Å². The van der Waals surface area contributed by atoms with Gasteiger partial charge in [-0.15, -0.1) is 12.4 Å². The minimum absolute atomic E-state index is 0. The summed E-state index contributed by atoms with van der Waals surface area (Å²) in [5.74, 6) is 1.29. The predicted octanol–water partition coefficient (Wildman–Crippen LogP) is 2.11. The van der Waals surface area contributed by atoms with E-state index in [1.807, 2.05) is 24.3 Å². The Labute approximate surface area is 167 Å². The molecular weight excluding hydrogens is 366 g/mol. The molecule has 1 aromatic rings. The number of halogens is 1. The third-order valence-corrected chi connectivity index (χ3v) is 5.41. The maximum absolute atomic E-state index is 12.5. The van der Waals surface area contributed by atoms with Crippen LogP contribution < -0.4 is 15.4 Å². The third-order valence-electron chi connectivity index (χ3n) is 5.41. The molecule has 0 spiro atoms. The molecule has 1 saturated carbocycles. The standard InChI is InChI=1S/C20H29N3O3.ClH/c1-23(2)19(24)13-26-16-8-5-6-14(10-16)12-21-20(25)18-11-15-7-3-4-9-17(15)22-18;/h5-6,8,10,15,17-18,22H,3-4,7,9,11-13H2,1-2H3,(H,21,25);1H. The number of nitrogens with zero attached hydrogens (tertiary/aromatic N) is 1. The van der Waals surface area contributed by atoms with Gasteiger partial charge in [-0.2, -0.15) is 0 Å². The van der Waals surface area contributed by atoms with Crippen LogP contribution in [0.15, 0.2) is 24.3 Å². The summed E-state index contributed by atoms with van der Waals surface area (Å²) < 4.78 is 5.52. The molecule has 1 aliphatic carbocycles. The van der Waals surface area contributed by atoms with Gasteiger partial charge in [-0.05, 0) is 42.9 Å². The van der Waals surface area contributed by atoms with Gasteiger partial charge >= 0.3 is 0 Å². The van der Waals surface area contributed by atoms with Crippen molar-refractivity contribution < 1.29 is 14.3 Å². The van der Waals surface area contributed by atoms with Crippen molar-refractivity contribution in [2.45, 2.75) is 50.7 Å². The number of amides is 2. The predicted molar refractivity (Wildman–Crippen MR) is 107 cm³/mol. The van der Waals surface area contributed by atoms with Gasteiger partial charge in [-0.3, -0.25) is 9.59 Å². The highest BCUT2D eigenvalue weighted by atomic mass is 35.5. The van der Waals surface area contributed by atoms with Crippen LogP contribution in [-0.4, -0.2) is 49.5 Å². The number of nitrogens with one attached hydrogen (secondary N) is 2. The molecule has 0 aromatic heterocycles. The fraction of sp³-hybridized carbons (Fsp3) is 0.600. The van der Waals surface area contributed by atoms with Gasteiger partial charge in [0.1, 0.15) is 5.75 Å². The number of ether oxygens (including phenoxy) is 1. The number of fused-ring (bicyclic) bond motifs is 1. The maximum Gasteiger partial charge on any atom is 0.259 e. The fourth-order valence-corrected chi connectivity index (χ4v) is 3.85. The van der Waals surface area contributed by atoms with Gasteiger partial charge in [-0.25, -0.2) is 0 Å². The lowest BCUT2D eigenvalue weighted by molar-refractivity contribution is -0.130. The lowest BCUT2D eigenvalue weighted by Gasteiger charge is -2.24. The van der Waals surface area contributed by atoms with Gasteiger partial charge in [0.25, 0.3) is 5.91 Å². The van der Waals surface area contributed by atoms with E-state index in [9.17, 15) is 9.59 Å². The van der Waals surface area contributed by atoms with E-state index >= 15 is 0 Å². The van der Waals surface area contributed by atoms with E-state index in [2.05, 4.69) is 10.6 Å². The third kappa shape index (κ3) is 5.84. The van der Waals surface area contributed by atoms with Gasteiger partial charge in [0, 0.05) is 26.7 Å². The Morgan fingerprint density at radius 2 is 2.04 bits per heavy atom. The van der Waals surface area contributed by atoms with E-state index in [1.54, 1.807) is 14.1 Å². The van der Waals surface area contributed by atoms with E-state index in [4.69, 9.17) is 4.74 Å². The summed E-state index contributed by atoms with van der Waals surface area (Å²) >= 11 is 0. The number of carbonyl (C=O) groups excluding carboxylic acids is 2. The number of hydrogen-bond acceptors (Lipinski definition) is 4. The Kier molecular flexibility index (Phi) is 7.92. The summed E-state index contributed by atoms with van der Waals surface area (Å²) in [5, 5.41) is 6.53. The first-order chi connectivity index (χ1) is 12.5. The summed E-state index contributed by atoms with van der Waals surface area (Å²) in [6, 6.07) is 7.95. The van der Waals surface area contributed by atoms with E-state index in [1.165, 1.54) is 30.6 Å². The van der Waals surface area contributed by atoms with Crippen LogP contribution in [0.2, 0.25) is 0 Å². The van der Waals surface area contributed by atoms with E-state index < -0.39 is 0 Å².